The molecule has 2 heterocycles. The Kier molecular flexibility index (Phi) is 4.18. The third kappa shape index (κ3) is 3.44. The molecule has 0 amide bonds. The van der Waals surface area contributed by atoms with Gasteiger partial charge >= 0.3 is 0 Å². The Morgan fingerprint density at radius 2 is 2.26 bits per heavy atom. The van der Waals surface area contributed by atoms with E-state index in [1.807, 2.05) is 30.2 Å². The first-order valence-corrected chi connectivity index (χ1v) is 7.78. The Labute approximate surface area is 135 Å². The molecule has 0 radical (unpaired) electrons. The number of rotatable bonds is 4. The van der Waals surface area contributed by atoms with E-state index in [0.29, 0.717) is 11.6 Å². The zero-order chi connectivity index (χ0) is 16.4. The summed E-state index contributed by atoms with van der Waals surface area (Å²) in [5.41, 5.74) is 2.92. The minimum Gasteiger partial charge on any atom is -0.381 e. The van der Waals surface area contributed by atoms with E-state index >= 15 is 0 Å². The molecule has 7 nitrogen and oxygen atoms in total. The molecule has 1 aromatic carbocycles. The van der Waals surface area contributed by atoms with Crippen molar-refractivity contribution in [3.63, 3.8) is 0 Å². The second kappa shape index (κ2) is 6.28. The summed E-state index contributed by atoms with van der Waals surface area (Å²) in [5, 5.41) is 18.6. The first-order chi connectivity index (χ1) is 11.0. The highest BCUT2D eigenvalue weighted by Gasteiger charge is 2.21. The van der Waals surface area contributed by atoms with Crippen LogP contribution >= 0.6 is 0 Å². The molecule has 0 aliphatic carbocycles. The smallest absolute Gasteiger partial charge is 0.272 e. The number of piperidine rings is 1. The molecule has 1 N–H and O–H groups in total. The van der Waals surface area contributed by atoms with Gasteiger partial charge in [0.1, 0.15) is 0 Å². The number of nitrogens with zero attached hydrogens (tertiary/aromatic N) is 4. The van der Waals surface area contributed by atoms with Crippen molar-refractivity contribution < 1.29 is 4.92 Å². The van der Waals surface area contributed by atoms with Gasteiger partial charge in [-0.15, -0.1) is 0 Å². The molecule has 0 saturated carbocycles. The van der Waals surface area contributed by atoms with Crippen LogP contribution < -0.4 is 10.2 Å². The Hall–Kier alpha value is -2.57. The van der Waals surface area contributed by atoms with Gasteiger partial charge in [-0.3, -0.25) is 14.8 Å². The standard InChI is InChI=1S/C16H21N5O2/c1-12-8-13(5-6-16(12)21(22)23)18-14-4-3-7-20(10-14)15-9-17-19(2)11-15/h5-6,8-9,11,14,18H,3-4,7,10H2,1-2H3. The summed E-state index contributed by atoms with van der Waals surface area (Å²) >= 11 is 0. The molecule has 23 heavy (non-hydrogen) atoms. The van der Waals surface area contributed by atoms with E-state index in [9.17, 15) is 10.1 Å². The highest BCUT2D eigenvalue weighted by molar-refractivity contribution is 5.54. The van der Waals surface area contributed by atoms with E-state index < -0.39 is 0 Å². The predicted molar refractivity (Wildman–Crippen MR) is 89.9 cm³/mol. The van der Waals surface area contributed by atoms with Crippen molar-refractivity contribution in [2.45, 2.75) is 25.8 Å². The summed E-state index contributed by atoms with van der Waals surface area (Å²) in [4.78, 5) is 12.9. The third-order valence-electron chi connectivity index (χ3n) is 4.24. The van der Waals surface area contributed by atoms with Crippen LogP contribution in [0.3, 0.4) is 0 Å². The normalized spacial score (nSPS) is 18.0. The monoisotopic (exact) mass is 315 g/mol. The largest absolute Gasteiger partial charge is 0.381 e. The van der Waals surface area contributed by atoms with Gasteiger partial charge in [-0.25, -0.2) is 0 Å². The number of nitrogens with one attached hydrogen (secondary N) is 1. The van der Waals surface area contributed by atoms with Gasteiger partial charge in [0.15, 0.2) is 0 Å². The number of hydrogen-bond donors (Lipinski definition) is 1. The van der Waals surface area contributed by atoms with Crippen LogP contribution in [0.2, 0.25) is 0 Å². The van der Waals surface area contributed by atoms with Crippen molar-refractivity contribution in [2.75, 3.05) is 23.3 Å². The highest BCUT2D eigenvalue weighted by Crippen LogP contribution is 2.25. The minimum absolute atomic E-state index is 0.163. The topological polar surface area (TPSA) is 76.2 Å². The Morgan fingerprint density at radius 3 is 2.91 bits per heavy atom. The molecule has 1 saturated heterocycles. The first-order valence-electron chi connectivity index (χ1n) is 7.78. The molecule has 1 aliphatic heterocycles. The molecular formula is C16H21N5O2. The maximum atomic E-state index is 10.9. The van der Waals surface area contributed by atoms with Gasteiger partial charge in [-0.1, -0.05) is 0 Å². The molecule has 3 rings (SSSR count). The second-order valence-electron chi connectivity index (χ2n) is 6.06. The van der Waals surface area contributed by atoms with Crippen LogP contribution in [0.5, 0.6) is 0 Å². The quantitative estimate of drug-likeness (QED) is 0.693. The number of benzene rings is 1. The van der Waals surface area contributed by atoms with Crippen molar-refractivity contribution in [2.24, 2.45) is 7.05 Å². The van der Waals surface area contributed by atoms with Gasteiger partial charge in [0, 0.05) is 49.7 Å². The van der Waals surface area contributed by atoms with Crippen molar-refractivity contribution in [1.29, 1.82) is 0 Å². The number of anilines is 2. The number of aryl methyl sites for hydroxylation is 2. The van der Waals surface area contributed by atoms with Crippen LogP contribution in [0.1, 0.15) is 18.4 Å². The summed E-state index contributed by atoms with van der Waals surface area (Å²) in [7, 11) is 1.92. The number of nitro benzene ring substituents is 1. The van der Waals surface area contributed by atoms with Gasteiger partial charge < -0.3 is 10.2 Å². The summed E-state index contributed by atoms with van der Waals surface area (Å²) in [6.07, 6.45) is 6.11. The maximum Gasteiger partial charge on any atom is 0.272 e. The second-order valence-corrected chi connectivity index (χ2v) is 6.06. The molecule has 1 aliphatic rings. The lowest BCUT2D eigenvalue weighted by Gasteiger charge is -2.34. The van der Waals surface area contributed by atoms with Crippen molar-refractivity contribution >= 4 is 17.1 Å². The fraction of sp³-hybridized carbons (Fsp3) is 0.438. The predicted octanol–water partition coefficient (Wildman–Crippen LogP) is 2.72. The average molecular weight is 315 g/mol. The van der Waals surface area contributed by atoms with Gasteiger partial charge in [-0.05, 0) is 31.9 Å². The molecule has 1 atom stereocenters. The van der Waals surface area contributed by atoms with Crippen LogP contribution in [-0.4, -0.2) is 33.8 Å². The Morgan fingerprint density at radius 1 is 1.43 bits per heavy atom. The summed E-state index contributed by atoms with van der Waals surface area (Å²) in [6.45, 7) is 3.71. The van der Waals surface area contributed by atoms with Gasteiger partial charge in [0.05, 0.1) is 16.8 Å². The van der Waals surface area contributed by atoms with Crippen LogP contribution in [-0.2, 0) is 7.05 Å². The fourth-order valence-electron chi connectivity index (χ4n) is 3.09. The highest BCUT2D eigenvalue weighted by atomic mass is 16.6. The van der Waals surface area contributed by atoms with Crippen LogP contribution in [0.4, 0.5) is 17.1 Å². The van der Waals surface area contributed by atoms with Gasteiger partial charge in [0.2, 0.25) is 0 Å². The number of nitro groups is 1. The molecule has 1 unspecified atom stereocenters. The molecular weight excluding hydrogens is 294 g/mol. The van der Waals surface area contributed by atoms with E-state index in [1.165, 1.54) is 0 Å². The Bertz CT molecular complexity index is 712. The zero-order valence-corrected chi connectivity index (χ0v) is 13.4. The molecule has 7 heteroatoms. The van der Waals surface area contributed by atoms with Crippen molar-refractivity contribution in [3.05, 3.63) is 46.3 Å². The van der Waals surface area contributed by atoms with Crippen molar-refractivity contribution in [1.82, 2.24) is 9.78 Å². The SMILES string of the molecule is Cc1cc(NC2CCCN(c3cnn(C)c3)C2)ccc1[N+](=O)[O-]. The van der Waals surface area contributed by atoms with Crippen molar-refractivity contribution in [3.8, 4) is 0 Å². The lowest BCUT2D eigenvalue weighted by molar-refractivity contribution is -0.385. The molecule has 122 valence electrons. The summed E-state index contributed by atoms with van der Waals surface area (Å²) in [6, 6.07) is 5.53. The lowest BCUT2D eigenvalue weighted by Crippen LogP contribution is -2.42. The van der Waals surface area contributed by atoms with E-state index in [-0.39, 0.29) is 10.6 Å². The van der Waals surface area contributed by atoms with Crippen LogP contribution in [0.15, 0.2) is 30.6 Å². The summed E-state index contributed by atoms with van der Waals surface area (Å²) in [5.74, 6) is 0. The lowest BCUT2D eigenvalue weighted by atomic mass is 10.0. The number of hydrogen-bond acceptors (Lipinski definition) is 5. The van der Waals surface area contributed by atoms with E-state index in [4.69, 9.17) is 0 Å². The van der Waals surface area contributed by atoms with E-state index in [0.717, 1.165) is 37.3 Å². The average Bonchev–Trinajstić information content (AvgIpc) is 2.94. The molecule has 1 aromatic heterocycles. The van der Waals surface area contributed by atoms with Gasteiger partial charge in [-0.2, -0.15) is 5.10 Å². The zero-order valence-electron chi connectivity index (χ0n) is 13.4. The molecule has 0 bridgehead atoms. The van der Waals surface area contributed by atoms with Crippen LogP contribution in [0, 0.1) is 17.0 Å². The molecule has 0 spiro atoms. The van der Waals surface area contributed by atoms with E-state index in [1.54, 1.807) is 19.1 Å². The summed E-state index contributed by atoms with van der Waals surface area (Å²) < 4.78 is 1.81. The third-order valence-corrected chi connectivity index (χ3v) is 4.24. The molecule has 2 aromatic rings. The van der Waals surface area contributed by atoms with Gasteiger partial charge in [0.25, 0.3) is 5.69 Å². The van der Waals surface area contributed by atoms with Crippen LogP contribution in [0.25, 0.3) is 0 Å². The fourth-order valence-corrected chi connectivity index (χ4v) is 3.09. The minimum atomic E-state index is -0.343. The maximum absolute atomic E-state index is 10.9. The van der Waals surface area contributed by atoms with E-state index in [2.05, 4.69) is 15.3 Å². The number of aromatic nitrogens is 2. The molecule has 1 fully saturated rings. The Balaban J connectivity index is 1.68. The first kappa shape index (κ1) is 15.3.